The van der Waals surface area contributed by atoms with Crippen LogP contribution in [0, 0.1) is 0 Å². The van der Waals surface area contributed by atoms with E-state index in [1.807, 2.05) is 6.92 Å². The second-order valence-corrected chi connectivity index (χ2v) is 5.63. The van der Waals surface area contributed by atoms with Gasteiger partial charge in [-0.25, -0.2) is 0 Å². The fourth-order valence-corrected chi connectivity index (χ4v) is 2.09. The summed E-state index contributed by atoms with van der Waals surface area (Å²) in [6, 6.07) is 8.72. The van der Waals surface area contributed by atoms with Gasteiger partial charge in [-0.1, -0.05) is 19.1 Å². The van der Waals surface area contributed by atoms with Crippen LogP contribution in [0.3, 0.4) is 0 Å². The average Bonchev–Trinajstić information content (AvgIpc) is 2.44. The highest BCUT2D eigenvalue weighted by Crippen LogP contribution is 2.18. The minimum Gasteiger partial charge on any atom is -0.348 e. The molecule has 0 spiro atoms. The molecule has 2 unspecified atom stereocenters. The minimum absolute atomic E-state index is 0.0433. The van der Waals surface area contributed by atoms with Gasteiger partial charge in [-0.2, -0.15) is 0 Å². The molecule has 1 amide bonds. The topological polar surface area (TPSA) is 41.1 Å². The Morgan fingerprint density at radius 3 is 2.42 bits per heavy atom. The van der Waals surface area contributed by atoms with E-state index in [4.69, 9.17) is 0 Å². The number of hydrogen-bond donors (Lipinski definition) is 2. The van der Waals surface area contributed by atoms with Gasteiger partial charge in [0.15, 0.2) is 0 Å². The molecular formula is C15H24N2OS. The van der Waals surface area contributed by atoms with Crippen LogP contribution in [0.15, 0.2) is 29.2 Å². The van der Waals surface area contributed by atoms with Crippen LogP contribution in [-0.2, 0) is 4.79 Å². The summed E-state index contributed by atoms with van der Waals surface area (Å²) in [6.07, 6.45) is 3.08. The Morgan fingerprint density at radius 2 is 1.89 bits per heavy atom. The summed E-state index contributed by atoms with van der Waals surface area (Å²) >= 11 is 1.72. The Hall–Kier alpha value is -1.00. The van der Waals surface area contributed by atoms with E-state index in [-0.39, 0.29) is 11.9 Å². The number of amides is 1. The van der Waals surface area contributed by atoms with E-state index < -0.39 is 0 Å². The number of hydrogen-bond acceptors (Lipinski definition) is 3. The third kappa shape index (κ3) is 5.66. The van der Waals surface area contributed by atoms with E-state index in [9.17, 15) is 4.79 Å². The lowest BCUT2D eigenvalue weighted by Crippen LogP contribution is -2.38. The van der Waals surface area contributed by atoms with Crippen molar-refractivity contribution in [2.75, 3.05) is 12.8 Å². The molecule has 106 valence electrons. The lowest BCUT2D eigenvalue weighted by molar-refractivity contribution is -0.121. The molecule has 1 aromatic carbocycles. The summed E-state index contributed by atoms with van der Waals surface area (Å²) in [5, 5.41) is 6.20. The van der Waals surface area contributed by atoms with Crippen molar-refractivity contribution in [2.45, 2.75) is 44.2 Å². The van der Waals surface area contributed by atoms with Crippen molar-refractivity contribution in [1.29, 1.82) is 0 Å². The number of nitrogens with one attached hydrogen (secondary N) is 2. The van der Waals surface area contributed by atoms with Gasteiger partial charge in [-0.3, -0.25) is 4.79 Å². The predicted molar refractivity (Wildman–Crippen MR) is 82.5 cm³/mol. The number of benzene rings is 1. The Labute approximate surface area is 120 Å². The summed E-state index contributed by atoms with van der Waals surface area (Å²) in [5.41, 5.74) is 1.13. The average molecular weight is 280 g/mol. The zero-order chi connectivity index (χ0) is 14.3. The Kier molecular flexibility index (Phi) is 6.95. The van der Waals surface area contributed by atoms with E-state index in [1.165, 1.54) is 4.90 Å². The Bertz CT molecular complexity index is 392. The van der Waals surface area contributed by atoms with E-state index in [2.05, 4.69) is 55.0 Å². The number of thioether (sulfide) groups is 1. The lowest BCUT2D eigenvalue weighted by Gasteiger charge is -2.16. The fourth-order valence-electron chi connectivity index (χ4n) is 1.68. The van der Waals surface area contributed by atoms with Gasteiger partial charge >= 0.3 is 0 Å². The first-order valence-corrected chi connectivity index (χ1v) is 7.96. The van der Waals surface area contributed by atoms with E-state index in [0.717, 1.165) is 12.0 Å². The molecule has 0 aliphatic rings. The summed E-state index contributed by atoms with van der Waals surface area (Å²) in [6.45, 7) is 6.57. The first-order valence-electron chi connectivity index (χ1n) is 6.73. The smallest absolute Gasteiger partial charge is 0.234 e. The molecule has 0 aliphatic carbocycles. The van der Waals surface area contributed by atoms with E-state index >= 15 is 0 Å². The molecule has 0 radical (unpaired) electrons. The van der Waals surface area contributed by atoms with Crippen LogP contribution in [-0.4, -0.2) is 24.7 Å². The Balaban J connectivity index is 2.44. The largest absolute Gasteiger partial charge is 0.348 e. The van der Waals surface area contributed by atoms with Crippen molar-refractivity contribution in [3.63, 3.8) is 0 Å². The zero-order valence-electron chi connectivity index (χ0n) is 12.2. The highest BCUT2D eigenvalue weighted by atomic mass is 32.2. The molecule has 0 bridgehead atoms. The third-order valence-electron chi connectivity index (χ3n) is 3.22. The van der Waals surface area contributed by atoms with Crippen LogP contribution in [0.25, 0.3) is 0 Å². The monoisotopic (exact) mass is 280 g/mol. The van der Waals surface area contributed by atoms with Gasteiger partial charge in [0.05, 0.1) is 12.6 Å². The van der Waals surface area contributed by atoms with Crippen molar-refractivity contribution < 1.29 is 4.79 Å². The molecule has 4 heteroatoms. The van der Waals surface area contributed by atoms with Crippen molar-refractivity contribution in [2.24, 2.45) is 0 Å². The van der Waals surface area contributed by atoms with Crippen molar-refractivity contribution in [3.05, 3.63) is 29.8 Å². The first kappa shape index (κ1) is 16.1. The Morgan fingerprint density at radius 1 is 1.26 bits per heavy atom. The molecule has 3 nitrogen and oxygen atoms in total. The predicted octanol–water partition coefficient (Wildman–Crippen LogP) is 2.97. The van der Waals surface area contributed by atoms with Gasteiger partial charge in [-0.15, -0.1) is 11.8 Å². The number of carbonyl (C=O) groups is 1. The molecule has 1 aromatic rings. The molecule has 2 atom stereocenters. The number of rotatable bonds is 7. The van der Waals surface area contributed by atoms with E-state index in [1.54, 1.807) is 11.8 Å². The first-order chi connectivity index (χ1) is 9.06. The molecular weight excluding hydrogens is 256 g/mol. The molecule has 1 rings (SSSR count). The second kappa shape index (κ2) is 8.23. The summed E-state index contributed by atoms with van der Waals surface area (Å²) < 4.78 is 0. The summed E-state index contributed by atoms with van der Waals surface area (Å²) in [4.78, 5) is 13.0. The summed E-state index contributed by atoms with van der Waals surface area (Å²) in [7, 11) is 0. The van der Waals surface area contributed by atoms with Gasteiger partial charge in [0.25, 0.3) is 0 Å². The molecule has 0 aromatic heterocycles. The third-order valence-corrected chi connectivity index (χ3v) is 3.96. The van der Waals surface area contributed by atoms with Crippen molar-refractivity contribution in [1.82, 2.24) is 10.6 Å². The SMILES string of the molecule is CCC(C)NCC(=O)NC(C)c1ccc(SC)cc1. The maximum Gasteiger partial charge on any atom is 0.234 e. The van der Waals surface area contributed by atoms with Crippen LogP contribution in [0.5, 0.6) is 0 Å². The molecule has 0 aliphatic heterocycles. The lowest BCUT2D eigenvalue weighted by atomic mass is 10.1. The molecule has 0 saturated carbocycles. The fraction of sp³-hybridized carbons (Fsp3) is 0.533. The van der Waals surface area contributed by atoms with Crippen LogP contribution in [0.1, 0.15) is 38.8 Å². The van der Waals surface area contributed by atoms with Crippen LogP contribution < -0.4 is 10.6 Å². The molecule has 0 saturated heterocycles. The van der Waals surface area contributed by atoms with Gasteiger partial charge in [-0.05, 0) is 44.2 Å². The highest BCUT2D eigenvalue weighted by Gasteiger charge is 2.10. The summed E-state index contributed by atoms with van der Waals surface area (Å²) in [5.74, 6) is 0.0433. The second-order valence-electron chi connectivity index (χ2n) is 4.75. The van der Waals surface area contributed by atoms with Crippen molar-refractivity contribution >= 4 is 17.7 Å². The van der Waals surface area contributed by atoms with Gasteiger partial charge in [0.2, 0.25) is 5.91 Å². The molecule has 19 heavy (non-hydrogen) atoms. The van der Waals surface area contributed by atoms with Gasteiger partial charge < -0.3 is 10.6 Å². The molecule has 0 fully saturated rings. The van der Waals surface area contributed by atoms with Crippen LogP contribution >= 0.6 is 11.8 Å². The van der Waals surface area contributed by atoms with E-state index in [0.29, 0.717) is 12.6 Å². The van der Waals surface area contributed by atoms with Gasteiger partial charge in [0, 0.05) is 10.9 Å². The molecule has 2 N–H and O–H groups in total. The van der Waals surface area contributed by atoms with Crippen LogP contribution in [0.2, 0.25) is 0 Å². The zero-order valence-corrected chi connectivity index (χ0v) is 13.0. The maximum absolute atomic E-state index is 11.8. The molecule has 0 heterocycles. The maximum atomic E-state index is 11.8. The normalized spacial score (nSPS) is 13.9. The van der Waals surface area contributed by atoms with Gasteiger partial charge in [0.1, 0.15) is 0 Å². The van der Waals surface area contributed by atoms with Crippen LogP contribution in [0.4, 0.5) is 0 Å². The van der Waals surface area contributed by atoms with Crippen molar-refractivity contribution in [3.8, 4) is 0 Å². The highest BCUT2D eigenvalue weighted by molar-refractivity contribution is 7.98. The number of carbonyl (C=O) groups excluding carboxylic acids is 1. The standard InChI is InChI=1S/C15H24N2OS/c1-5-11(2)16-10-15(18)17-12(3)13-6-8-14(19-4)9-7-13/h6-9,11-12,16H,5,10H2,1-4H3,(H,17,18). The quantitative estimate of drug-likeness (QED) is 0.755. The minimum atomic E-state index is 0.0433.